The molecule has 0 heterocycles. The monoisotopic (exact) mass is 439 g/mol. The van der Waals surface area contributed by atoms with Crippen molar-refractivity contribution in [1.29, 1.82) is 5.41 Å². The maximum atomic E-state index is 11.0. The molecule has 2 rings (SSSR count). The Balaban J connectivity index is 0.000000553. The molecule has 0 aliphatic rings. The molecule has 0 saturated heterocycles. The SMILES string of the molecule is N=C(N)c1ccc(OCCCOc2ccc(C(N)=O)cc2)cc1.O=S(=O)(O)CCO. The lowest BCUT2D eigenvalue weighted by molar-refractivity contribution is 0.1000. The highest BCUT2D eigenvalue weighted by Gasteiger charge is 2.01. The van der Waals surface area contributed by atoms with Crippen LogP contribution in [-0.2, 0) is 10.1 Å². The van der Waals surface area contributed by atoms with Gasteiger partial charge in [-0.25, -0.2) is 0 Å². The van der Waals surface area contributed by atoms with Crippen molar-refractivity contribution >= 4 is 21.9 Å². The average molecular weight is 439 g/mol. The number of aliphatic hydroxyl groups excluding tert-OH is 1. The number of hydrogen-bond acceptors (Lipinski definition) is 7. The Labute approximate surface area is 174 Å². The van der Waals surface area contributed by atoms with E-state index in [0.29, 0.717) is 36.5 Å². The van der Waals surface area contributed by atoms with Gasteiger partial charge < -0.3 is 26.0 Å². The molecule has 0 atom stereocenters. The number of benzene rings is 2. The molecule has 10 nitrogen and oxygen atoms in total. The normalized spacial score (nSPS) is 10.5. The summed E-state index contributed by atoms with van der Waals surface area (Å²) >= 11 is 0. The predicted molar refractivity (Wildman–Crippen MR) is 112 cm³/mol. The van der Waals surface area contributed by atoms with Crippen LogP contribution in [-0.4, -0.2) is 55.4 Å². The Morgan fingerprint density at radius 3 is 1.63 bits per heavy atom. The lowest BCUT2D eigenvalue weighted by Gasteiger charge is -2.08. The quantitative estimate of drug-likeness (QED) is 0.155. The second-order valence-corrected chi connectivity index (χ2v) is 7.46. The Morgan fingerprint density at radius 2 is 1.33 bits per heavy atom. The number of carbonyl (C=O) groups excluding carboxylic acids is 1. The molecule has 0 spiro atoms. The second kappa shape index (κ2) is 12.4. The second-order valence-electron chi connectivity index (χ2n) is 5.89. The van der Waals surface area contributed by atoms with Crippen LogP contribution in [0.4, 0.5) is 0 Å². The van der Waals surface area contributed by atoms with E-state index >= 15 is 0 Å². The van der Waals surface area contributed by atoms with Crippen LogP contribution in [0.3, 0.4) is 0 Å². The van der Waals surface area contributed by atoms with Gasteiger partial charge in [0.05, 0.1) is 25.6 Å². The number of nitrogens with one attached hydrogen (secondary N) is 1. The van der Waals surface area contributed by atoms with Gasteiger partial charge in [0.1, 0.15) is 17.3 Å². The fourth-order valence-electron chi connectivity index (χ4n) is 2.00. The molecule has 0 saturated carbocycles. The molecule has 0 aliphatic heterocycles. The molecule has 0 bridgehead atoms. The molecule has 2 aromatic rings. The summed E-state index contributed by atoms with van der Waals surface area (Å²) in [7, 11) is -3.92. The Kier molecular flexibility index (Phi) is 10.3. The molecule has 0 fully saturated rings. The zero-order valence-corrected chi connectivity index (χ0v) is 17.0. The minimum Gasteiger partial charge on any atom is -0.493 e. The number of carbonyl (C=O) groups is 1. The fraction of sp³-hybridized carbons (Fsp3) is 0.263. The average Bonchev–Trinajstić information content (AvgIpc) is 2.68. The summed E-state index contributed by atoms with van der Waals surface area (Å²) in [5.41, 5.74) is 11.7. The van der Waals surface area contributed by atoms with Crippen LogP contribution in [0, 0.1) is 5.41 Å². The fourth-order valence-corrected chi connectivity index (χ4v) is 2.23. The first kappa shape index (κ1) is 24.9. The van der Waals surface area contributed by atoms with E-state index in [-0.39, 0.29) is 5.84 Å². The molecule has 164 valence electrons. The summed E-state index contributed by atoms with van der Waals surface area (Å²) in [4.78, 5) is 11.0. The molecule has 0 unspecified atom stereocenters. The van der Waals surface area contributed by atoms with Gasteiger partial charge in [-0.1, -0.05) is 0 Å². The third-order valence-electron chi connectivity index (χ3n) is 3.48. The van der Waals surface area contributed by atoms with Gasteiger partial charge in [0, 0.05) is 17.5 Å². The number of ether oxygens (including phenoxy) is 2. The van der Waals surface area contributed by atoms with Gasteiger partial charge in [0.2, 0.25) is 5.91 Å². The summed E-state index contributed by atoms with van der Waals surface area (Å²) in [6.07, 6.45) is 0.714. The van der Waals surface area contributed by atoms with Crippen molar-refractivity contribution in [2.24, 2.45) is 11.5 Å². The summed E-state index contributed by atoms with van der Waals surface area (Å²) in [6, 6.07) is 13.7. The number of nitrogens with two attached hydrogens (primary N) is 2. The molecule has 0 radical (unpaired) electrons. The molecule has 1 amide bonds. The smallest absolute Gasteiger partial charge is 0.267 e. The molecular weight excluding hydrogens is 414 g/mol. The topological polar surface area (TPSA) is 186 Å². The number of rotatable bonds is 10. The first-order valence-electron chi connectivity index (χ1n) is 8.78. The van der Waals surface area contributed by atoms with Crippen molar-refractivity contribution in [2.75, 3.05) is 25.6 Å². The molecule has 2 aromatic carbocycles. The standard InChI is InChI=1S/C17H19N3O3.C2H6O4S/c18-16(19)12-2-6-14(7-3-12)22-10-1-11-23-15-8-4-13(5-9-15)17(20)21;3-1-2-7(4,5)6/h2-9H,1,10-11H2,(H3,18,19)(H2,20,21);3H,1-2H2,(H,4,5,6). The van der Waals surface area contributed by atoms with E-state index in [2.05, 4.69) is 0 Å². The minimum atomic E-state index is -3.92. The van der Waals surface area contributed by atoms with E-state index in [9.17, 15) is 13.2 Å². The van der Waals surface area contributed by atoms with Gasteiger partial charge in [-0.3, -0.25) is 14.8 Å². The molecule has 0 aliphatic carbocycles. The third kappa shape index (κ3) is 10.4. The van der Waals surface area contributed by atoms with Gasteiger partial charge >= 0.3 is 0 Å². The largest absolute Gasteiger partial charge is 0.493 e. The van der Waals surface area contributed by atoms with Crippen LogP contribution in [0.25, 0.3) is 0 Å². The van der Waals surface area contributed by atoms with E-state index in [1.54, 1.807) is 48.5 Å². The summed E-state index contributed by atoms with van der Waals surface area (Å²) in [6.45, 7) is 0.485. The minimum absolute atomic E-state index is 0.0345. The van der Waals surface area contributed by atoms with Crippen LogP contribution in [0.15, 0.2) is 48.5 Å². The number of amides is 1. The third-order valence-corrected chi connectivity index (χ3v) is 4.18. The highest BCUT2D eigenvalue weighted by Crippen LogP contribution is 2.14. The summed E-state index contributed by atoms with van der Waals surface area (Å²) in [5.74, 6) is 0.405. The van der Waals surface area contributed by atoms with E-state index < -0.39 is 28.4 Å². The predicted octanol–water partition coefficient (Wildman–Crippen LogP) is 0.784. The van der Waals surface area contributed by atoms with Crippen molar-refractivity contribution in [3.05, 3.63) is 59.7 Å². The van der Waals surface area contributed by atoms with Crippen molar-refractivity contribution in [1.82, 2.24) is 0 Å². The Morgan fingerprint density at radius 1 is 0.900 bits per heavy atom. The number of nitrogen functional groups attached to an aromatic ring is 1. The van der Waals surface area contributed by atoms with Gasteiger partial charge in [-0.05, 0) is 48.5 Å². The number of aliphatic hydroxyl groups is 1. The van der Waals surface area contributed by atoms with E-state index in [0.717, 1.165) is 5.75 Å². The van der Waals surface area contributed by atoms with E-state index in [4.69, 9.17) is 36.0 Å². The van der Waals surface area contributed by atoms with Crippen molar-refractivity contribution < 1.29 is 32.3 Å². The van der Waals surface area contributed by atoms with E-state index in [1.807, 2.05) is 0 Å². The van der Waals surface area contributed by atoms with Crippen molar-refractivity contribution in [2.45, 2.75) is 6.42 Å². The first-order valence-corrected chi connectivity index (χ1v) is 10.4. The highest BCUT2D eigenvalue weighted by molar-refractivity contribution is 7.85. The maximum absolute atomic E-state index is 11.0. The number of primary amides is 1. The lowest BCUT2D eigenvalue weighted by Crippen LogP contribution is -2.11. The van der Waals surface area contributed by atoms with Gasteiger partial charge in [0.25, 0.3) is 10.1 Å². The van der Waals surface area contributed by atoms with Crippen LogP contribution >= 0.6 is 0 Å². The zero-order valence-electron chi connectivity index (χ0n) is 16.2. The van der Waals surface area contributed by atoms with E-state index in [1.165, 1.54) is 0 Å². The Hall–Kier alpha value is -3.15. The van der Waals surface area contributed by atoms with Crippen molar-refractivity contribution in [3.8, 4) is 11.5 Å². The lowest BCUT2D eigenvalue weighted by atomic mass is 10.2. The molecule has 30 heavy (non-hydrogen) atoms. The van der Waals surface area contributed by atoms with Crippen LogP contribution in [0.2, 0.25) is 0 Å². The Bertz CT molecular complexity index is 855. The highest BCUT2D eigenvalue weighted by atomic mass is 32.2. The van der Waals surface area contributed by atoms with Crippen molar-refractivity contribution in [3.63, 3.8) is 0 Å². The van der Waals surface area contributed by atoms with Gasteiger partial charge in [-0.15, -0.1) is 0 Å². The molecule has 11 heteroatoms. The summed E-state index contributed by atoms with van der Waals surface area (Å²) in [5, 5.41) is 15.2. The van der Waals surface area contributed by atoms with Gasteiger partial charge in [0.15, 0.2) is 0 Å². The number of amidine groups is 1. The molecule has 7 N–H and O–H groups in total. The van der Waals surface area contributed by atoms with Crippen LogP contribution < -0.4 is 20.9 Å². The maximum Gasteiger partial charge on any atom is 0.267 e. The molecule has 0 aromatic heterocycles. The van der Waals surface area contributed by atoms with Gasteiger partial charge in [-0.2, -0.15) is 8.42 Å². The number of hydrogen-bond donors (Lipinski definition) is 5. The van der Waals surface area contributed by atoms with Crippen LogP contribution in [0.5, 0.6) is 11.5 Å². The molecular formula is C19H25N3O7S. The summed E-state index contributed by atoms with van der Waals surface area (Å²) < 4.78 is 38.2. The zero-order chi connectivity index (χ0) is 22.6. The van der Waals surface area contributed by atoms with Crippen LogP contribution in [0.1, 0.15) is 22.3 Å². The first-order chi connectivity index (χ1) is 14.1.